The molecule has 5 heteroatoms. The van der Waals surface area contributed by atoms with Gasteiger partial charge in [-0.2, -0.15) is 0 Å². The number of aromatic nitrogens is 1. The van der Waals surface area contributed by atoms with Crippen molar-refractivity contribution in [2.24, 2.45) is 0 Å². The summed E-state index contributed by atoms with van der Waals surface area (Å²) in [7, 11) is 0. The molecule has 6 aromatic carbocycles. The van der Waals surface area contributed by atoms with Crippen molar-refractivity contribution in [2.45, 2.75) is 0 Å². The Labute approximate surface area is 260 Å². The maximum Gasteiger partial charge on any atom is 0.187 e. The molecule has 1 aromatic heterocycles. The van der Waals surface area contributed by atoms with Crippen LogP contribution in [0, 0.1) is 18.2 Å². The maximum atomic E-state index is 15.3. The molecular formula is C40H25F2N3. The summed E-state index contributed by atoms with van der Waals surface area (Å²) in [5.41, 5.74) is 8.26. The molecule has 0 N–H and O–H groups in total. The molecule has 214 valence electrons. The number of fused-ring (bicyclic) bond motifs is 1. The zero-order valence-electron chi connectivity index (χ0n) is 24.0. The van der Waals surface area contributed by atoms with Gasteiger partial charge in [0.2, 0.25) is 0 Å². The second-order valence-corrected chi connectivity index (χ2v) is 10.6. The van der Waals surface area contributed by atoms with E-state index in [-0.39, 0.29) is 5.56 Å². The third-order valence-corrected chi connectivity index (χ3v) is 7.86. The summed E-state index contributed by atoms with van der Waals surface area (Å²) < 4.78 is 29.8. The smallest absolute Gasteiger partial charge is 0.187 e. The lowest BCUT2D eigenvalue weighted by atomic mass is 9.94. The molecule has 0 bridgehead atoms. The number of nitrogens with zero attached hydrogens (tertiary/aromatic N) is 3. The molecule has 0 aliphatic rings. The van der Waals surface area contributed by atoms with Crippen LogP contribution in [0.5, 0.6) is 0 Å². The molecule has 0 fully saturated rings. The highest BCUT2D eigenvalue weighted by molar-refractivity contribution is 6.06. The fraction of sp³-hybridized carbons (Fsp3) is 0. The highest BCUT2D eigenvalue weighted by Gasteiger charge is 2.22. The lowest BCUT2D eigenvalue weighted by molar-refractivity contribution is 0.603. The molecule has 0 saturated carbocycles. The van der Waals surface area contributed by atoms with E-state index in [1.165, 1.54) is 6.07 Å². The highest BCUT2D eigenvalue weighted by Crippen LogP contribution is 2.46. The number of halogens is 2. The van der Waals surface area contributed by atoms with Gasteiger partial charge in [-0.1, -0.05) is 91.0 Å². The van der Waals surface area contributed by atoms with Crippen molar-refractivity contribution < 1.29 is 8.78 Å². The van der Waals surface area contributed by atoms with Gasteiger partial charge in [-0.3, -0.25) is 4.98 Å². The largest absolute Gasteiger partial charge is 0.309 e. The molecule has 45 heavy (non-hydrogen) atoms. The Hall–Kier alpha value is -6.12. The highest BCUT2D eigenvalue weighted by atomic mass is 19.1. The van der Waals surface area contributed by atoms with Crippen LogP contribution in [0.2, 0.25) is 0 Å². The average molecular weight is 586 g/mol. The molecule has 0 radical (unpaired) electrons. The Morgan fingerprint density at radius 2 is 1.24 bits per heavy atom. The van der Waals surface area contributed by atoms with E-state index in [1.807, 2.05) is 77.7 Å². The van der Waals surface area contributed by atoms with Gasteiger partial charge >= 0.3 is 0 Å². The number of rotatable bonds is 6. The van der Waals surface area contributed by atoms with Crippen molar-refractivity contribution in [1.29, 1.82) is 0 Å². The minimum Gasteiger partial charge on any atom is -0.309 e. The molecule has 0 atom stereocenters. The van der Waals surface area contributed by atoms with Crippen LogP contribution in [-0.4, -0.2) is 4.98 Å². The zero-order chi connectivity index (χ0) is 30.8. The fourth-order valence-corrected chi connectivity index (χ4v) is 5.76. The Bertz CT molecular complexity index is 2190. The first-order valence-electron chi connectivity index (χ1n) is 14.5. The quantitative estimate of drug-likeness (QED) is 0.181. The van der Waals surface area contributed by atoms with E-state index in [4.69, 9.17) is 11.6 Å². The van der Waals surface area contributed by atoms with Crippen molar-refractivity contribution >= 4 is 33.7 Å². The van der Waals surface area contributed by atoms with Gasteiger partial charge in [-0.05, 0) is 71.3 Å². The molecular weight excluding hydrogens is 560 g/mol. The first kappa shape index (κ1) is 27.7. The lowest BCUT2D eigenvalue weighted by Crippen LogP contribution is -2.12. The van der Waals surface area contributed by atoms with Gasteiger partial charge in [0.25, 0.3) is 0 Å². The van der Waals surface area contributed by atoms with Crippen LogP contribution < -0.4 is 4.90 Å². The standard InChI is InChI=1S/C40H25F2N3/c1-43-31-17-19-32(20-18-31)45(38-15-9-8-14-33(38)35-26-30(41)16-21-37(35)42)39-22-23-44-40-34(28-12-6-3-7-13-28)24-29(25-36(39)40)27-10-4-2-5-11-27/h2-26H. The van der Waals surface area contributed by atoms with Gasteiger partial charge in [-0.15, -0.1) is 0 Å². The van der Waals surface area contributed by atoms with Gasteiger partial charge in [0.15, 0.2) is 5.69 Å². The van der Waals surface area contributed by atoms with Crippen LogP contribution in [0.15, 0.2) is 152 Å². The SMILES string of the molecule is [C-]#[N+]c1ccc(N(c2ccccc2-c2cc(F)ccc2F)c2ccnc3c(-c4ccccc4)cc(-c4ccccc4)cc23)cc1. The Balaban J connectivity index is 1.56. The first-order valence-corrected chi connectivity index (χ1v) is 14.5. The minimum atomic E-state index is -0.525. The summed E-state index contributed by atoms with van der Waals surface area (Å²) in [6.45, 7) is 7.48. The molecule has 7 aromatic rings. The fourth-order valence-electron chi connectivity index (χ4n) is 5.76. The second kappa shape index (κ2) is 11.9. The van der Waals surface area contributed by atoms with Gasteiger partial charge < -0.3 is 4.90 Å². The molecule has 3 nitrogen and oxygen atoms in total. The van der Waals surface area contributed by atoms with E-state index < -0.39 is 11.6 Å². The van der Waals surface area contributed by atoms with Gasteiger partial charge in [0.1, 0.15) is 11.6 Å². The number of benzene rings is 6. The monoisotopic (exact) mass is 585 g/mol. The molecule has 7 rings (SSSR count). The Kier molecular flexibility index (Phi) is 7.31. The third-order valence-electron chi connectivity index (χ3n) is 7.86. The van der Waals surface area contributed by atoms with Gasteiger partial charge in [0, 0.05) is 34.0 Å². The summed E-state index contributed by atoms with van der Waals surface area (Å²) in [6.07, 6.45) is 1.78. The van der Waals surface area contributed by atoms with Crippen LogP contribution in [0.3, 0.4) is 0 Å². The van der Waals surface area contributed by atoms with Crippen LogP contribution in [-0.2, 0) is 0 Å². The Morgan fingerprint density at radius 1 is 0.556 bits per heavy atom. The number of anilines is 3. The minimum absolute atomic E-state index is 0.154. The van der Waals surface area contributed by atoms with E-state index in [0.29, 0.717) is 16.9 Å². The number of para-hydroxylation sites is 1. The van der Waals surface area contributed by atoms with Gasteiger partial charge in [-0.25, -0.2) is 13.6 Å². The molecule has 0 aliphatic heterocycles. The number of hydrogen-bond acceptors (Lipinski definition) is 2. The van der Waals surface area contributed by atoms with E-state index in [2.05, 4.69) is 41.2 Å². The average Bonchev–Trinajstić information content (AvgIpc) is 3.10. The van der Waals surface area contributed by atoms with Crippen molar-refractivity contribution in [3.8, 4) is 33.4 Å². The van der Waals surface area contributed by atoms with Gasteiger partial charge in [0.05, 0.1) is 23.5 Å². The molecule has 0 saturated heterocycles. The van der Waals surface area contributed by atoms with Crippen molar-refractivity contribution in [1.82, 2.24) is 4.98 Å². The predicted molar refractivity (Wildman–Crippen MR) is 179 cm³/mol. The van der Waals surface area contributed by atoms with E-state index in [9.17, 15) is 4.39 Å². The maximum absolute atomic E-state index is 15.3. The summed E-state index contributed by atoms with van der Waals surface area (Å²) in [5, 5.41) is 0.876. The second-order valence-electron chi connectivity index (χ2n) is 10.6. The molecule has 0 amide bonds. The normalized spacial score (nSPS) is 10.9. The molecule has 0 spiro atoms. The van der Waals surface area contributed by atoms with Crippen LogP contribution >= 0.6 is 0 Å². The Morgan fingerprint density at radius 3 is 1.98 bits per heavy atom. The number of hydrogen-bond donors (Lipinski definition) is 0. The third kappa shape index (κ3) is 5.30. The van der Waals surface area contributed by atoms with E-state index >= 15 is 4.39 Å². The van der Waals surface area contributed by atoms with Crippen LogP contribution in [0.25, 0.3) is 49.1 Å². The molecule has 1 heterocycles. The van der Waals surface area contributed by atoms with E-state index in [1.54, 1.807) is 24.4 Å². The lowest BCUT2D eigenvalue weighted by Gasteiger charge is -2.29. The number of pyridine rings is 1. The summed E-state index contributed by atoms with van der Waals surface area (Å²) in [6, 6.07) is 44.7. The van der Waals surface area contributed by atoms with E-state index in [0.717, 1.165) is 56.7 Å². The first-order chi connectivity index (χ1) is 22.1. The summed E-state index contributed by atoms with van der Waals surface area (Å²) in [4.78, 5) is 10.5. The zero-order valence-corrected chi connectivity index (χ0v) is 24.0. The molecule has 0 aliphatic carbocycles. The molecule has 0 unspecified atom stereocenters. The van der Waals surface area contributed by atoms with Crippen molar-refractivity contribution in [2.75, 3.05) is 4.90 Å². The summed E-state index contributed by atoms with van der Waals surface area (Å²) >= 11 is 0. The van der Waals surface area contributed by atoms with Crippen LogP contribution in [0.4, 0.5) is 31.5 Å². The van der Waals surface area contributed by atoms with Crippen molar-refractivity contribution in [3.05, 3.63) is 175 Å². The topological polar surface area (TPSA) is 20.5 Å². The van der Waals surface area contributed by atoms with Crippen molar-refractivity contribution in [3.63, 3.8) is 0 Å². The summed E-state index contributed by atoms with van der Waals surface area (Å²) in [5.74, 6) is -1.05. The predicted octanol–water partition coefficient (Wildman–Crippen LogP) is 11.5. The van der Waals surface area contributed by atoms with Crippen LogP contribution in [0.1, 0.15) is 0 Å².